The molecule has 0 aliphatic carbocycles. The van der Waals surface area contributed by atoms with Crippen LogP contribution < -0.4 is 11.1 Å². The van der Waals surface area contributed by atoms with Gasteiger partial charge in [0, 0.05) is 0 Å². The predicted octanol–water partition coefficient (Wildman–Crippen LogP) is 3.21. The van der Waals surface area contributed by atoms with Crippen molar-refractivity contribution in [1.29, 1.82) is 5.26 Å². The summed E-state index contributed by atoms with van der Waals surface area (Å²) in [6, 6.07) is 11.1. The quantitative estimate of drug-likeness (QED) is 0.809. The summed E-state index contributed by atoms with van der Waals surface area (Å²) in [7, 11) is 0. The summed E-state index contributed by atoms with van der Waals surface area (Å²) in [5.41, 5.74) is 7.80. The van der Waals surface area contributed by atoms with Gasteiger partial charge < -0.3 is 15.5 Å². The molecule has 2 rings (SSSR count). The zero-order valence-corrected chi connectivity index (χ0v) is 10.4. The van der Waals surface area contributed by atoms with Gasteiger partial charge in [-0.25, -0.2) is 0 Å². The zero-order chi connectivity index (χ0) is 13.1. The molecular weight excluding hydrogens is 226 g/mol. The van der Waals surface area contributed by atoms with Crippen molar-refractivity contribution >= 4 is 11.4 Å². The van der Waals surface area contributed by atoms with Gasteiger partial charge >= 0.3 is 0 Å². The summed E-state index contributed by atoms with van der Waals surface area (Å²) in [6.45, 7) is 3.90. The average molecular weight is 241 g/mol. The Balaban J connectivity index is 2.17. The van der Waals surface area contributed by atoms with Crippen molar-refractivity contribution in [3.05, 3.63) is 47.4 Å². The van der Waals surface area contributed by atoms with Gasteiger partial charge in [-0.2, -0.15) is 5.26 Å². The van der Waals surface area contributed by atoms with Crippen LogP contribution in [0, 0.1) is 18.3 Å². The molecular formula is C14H15N3O. The minimum absolute atomic E-state index is 0.0222. The van der Waals surface area contributed by atoms with E-state index in [4.69, 9.17) is 15.4 Å². The van der Waals surface area contributed by atoms with Crippen LogP contribution in [0.4, 0.5) is 11.4 Å². The van der Waals surface area contributed by atoms with E-state index in [0.717, 1.165) is 17.2 Å². The van der Waals surface area contributed by atoms with Crippen molar-refractivity contribution in [3.8, 4) is 6.07 Å². The Labute approximate surface area is 106 Å². The number of nitrogens with zero attached hydrogens (tertiary/aromatic N) is 1. The molecule has 4 heteroatoms. The van der Waals surface area contributed by atoms with Gasteiger partial charge in [0.25, 0.3) is 0 Å². The van der Waals surface area contributed by atoms with E-state index < -0.39 is 0 Å². The molecule has 3 N–H and O–H groups in total. The van der Waals surface area contributed by atoms with Crippen molar-refractivity contribution in [2.24, 2.45) is 0 Å². The number of nitriles is 1. The third kappa shape index (κ3) is 2.46. The molecule has 0 spiro atoms. The van der Waals surface area contributed by atoms with Gasteiger partial charge in [-0.1, -0.05) is 0 Å². The third-order valence-corrected chi connectivity index (χ3v) is 2.74. The lowest BCUT2D eigenvalue weighted by Gasteiger charge is -2.14. The second kappa shape index (κ2) is 4.84. The second-order valence-electron chi connectivity index (χ2n) is 4.23. The number of furan rings is 1. The van der Waals surface area contributed by atoms with E-state index >= 15 is 0 Å². The normalized spacial score (nSPS) is 11.8. The first-order chi connectivity index (χ1) is 8.60. The number of nitrogens with one attached hydrogen (secondary N) is 1. The molecule has 1 aromatic heterocycles. The number of hydrogen-bond acceptors (Lipinski definition) is 4. The number of nitrogen functional groups attached to an aromatic ring is 1. The van der Waals surface area contributed by atoms with Crippen molar-refractivity contribution < 1.29 is 4.42 Å². The molecule has 0 saturated carbocycles. The first-order valence-electron chi connectivity index (χ1n) is 5.72. The molecule has 0 aliphatic rings. The molecule has 1 aromatic carbocycles. The number of hydrogen-bond donors (Lipinski definition) is 2. The van der Waals surface area contributed by atoms with Gasteiger partial charge in [-0.15, -0.1) is 0 Å². The highest BCUT2D eigenvalue weighted by Gasteiger charge is 2.10. The van der Waals surface area contributed by atoms with E-state index in [2.05, 4.69) is 11.4 Å². The Kier molecular flexibility index (Phi) is 3.24. The highest BCUT2D eigenvalue weighted by molar-refractivity contribution is 5.68. The summed E-state index contributed by atoms with van der Waals surface area (Å²) >= 11 is 0. The largest absolute Gasteiger partial charge is 0.464 e. The number of nitrogens with two attached hydrogens (primary N) is 1. The van der Waals surface area contributed by atoms with Crippen LogP contribution in [-0.2, 0) is 0 Å². The fourth-order valence-electron chi connectivity index (χ4n) is 1.75. The number of anilines is 2. The molecule has 1 unspecified atom stereocenters. The molecule has 0 aliphatic heterocycles. The minimum Gasteiger partial charge on any atom is -0.464 e. The van der Waals surface area contributed by atoms with Crippen LogP contribution >= 0.6 is 0 Å². The van der Waals surface area contributed by atoms with E-state index in [1.165, 1.54) is 0 Å². The average Bonchev–Trinajstić information content (AvgIpc) is 2.78. The van der Waals surface area contributed by atoms with E-state index in [0.29, 0.717) is 11.3 Å². The molecule has 4 nitrogen and oxygen atoms in total. The molecule has 1 atom stereocenters. The van der Waals surface area contributed by atoms with Gasteiger partial charge in [-0.3, -0.25) is 0 Å². The van der Waals surface area contributed by atoms with Gasteiger partial charge in [0.05, 0.1) is 29.0 Å². The Morgan fingerprint density at radius 1 is 1.33 bits per heavy atom. The SMILES string of the molecule is Cc1ccc(C(C)Nc2ccc(C#N)cc2N)o1. The summed E-state index contributed by atoms with van der Waals surface area (Å²) in [5, 5.41) is 12.0. The molecule has 0 bridgehead atoms. The van der Waals surface area contributed by atoms with Crippen LogP contribution in [0.5, 0.6) is 0 Å². The Hall–Kier alpha value is -2.41. The van der Waals surface area contributed by atoms with Crippen LogP contribution in [0.3, 0.4) is 0 Å². The molecule has 18 heavy (non-hydrogen) atoms. The monoisotopic (exact) mass is 241 g/mol. The molecule has 0 radical (unpaired) electrons. The summed E-state index contributed by atoms with van der Waals surface area (Å²) in [4.78, 5) is 0. The number of aryl methyl sites for hydroxylation is 1. The van der Waals surface area contributed by atoms with Crippen LogP contribution in [0.25, 0.3) is 0 Å². The molecule has 0 amide bonds. The summed E-state index contributed by atoms with van der Waals surface area (Å²) in [6.07, 6.45) is 0. The zero-order valence-electron chi connectivity index (χ0n) is 10.4. The van der Waals surface area contributed by atoms with Gasteiger partial charge in [0.2, 0.25) is 0 Å². The summed E-state index contributed by atoms with van der Waals surface area (Å²) < 4.78 is 5.55. The molecule has 0 saturated heterocycles. The maximum Gasteiger partial charge on any atom is 0.126 e. The Morgan fingerprint density at radius 2 is 2.11 bits per heavy atom. The number of benzene rings is 1. The fourth-order valence-corrected chi connectivity index (χ4v) is 1.75. The van der Waals surface area contributed by atoms with Gasteiger partial charge in [-0.05, 0) is 44.2 Å². The topological polar surface area (TPSA) is 75.0 Å². The van der Waals surface area contributed by atoms with Crippen molar-refractivity contribution in [1.82, 2.24) is 0 Å². The third-order valence-electron chi connectivity index (χ3n) is 2.74. The molecule has 1 heterocycles. The van der Waals surface area contributed by atoms with E-state index in [1.54, 1.807) is 18.2 Å². The van der Waals surface area contributed by atoms with Crippen LogP contribution in [0.15, 0.2) is 34.7 Å². The first kappa shape index (κ1) is 12.1. The molecule has 0 fully saturated rings. The highest BCUT2D eigenvalue weighted by atomic mass is 16.3. The van der Waals surface area contributed by atoms with Crippen LogP contribution in [0.2, 0.25) is 0 Å². The lowest BCUT2D eigenvalue weighted by Crippen LogP contribution is -2.07. The lowest BCUT2D eigenvalue weighted by atomic mass is 10.1. The van der Waals surface area contributed by atoms with Gasteiger partial charge in [0.1, 0.15) is 11.5 Å². The van der Waals surface area contributed by atoms with Crippen LogP contribution in [-0.4, -0.2) is 0 Å². The van der Waals surface area contributed by atoms with Crippen molar-refractivity contribution in [2.45, 2.75) is 19.9 Å². The molecule has 2 aromatic rings. The predicted molar refractivity (Wildman–Crippen MR) is 71.1 cm³/mol. The van der Waals surface area contributed by atoms with E-state index in [-0.39, 0.29) is 6.04 Å². The second-order valence-corrected chi connectivity index (χ2v) is 4.23. The maximum absolute atomic E-state index is 8.77. The van der Waals surface area contributed by atoms with Crippen LogP contribution in [0.1, 0.15) is 30.0 Å². The smallest absolute Gasteiger partial charge is 0.126 e. The first-order valence-corrected chi connectivity index (χ1v) is 5.72. The van der Waals surface area contributed by atoms with Crippen molar-refractivity contribution in [2.75, 3.05) is 11.1 Å². The lowest BCUT2D eigenvalue weighted by molar-refractivity contribution is 0.467. The number of rotatable bonds is 3. The Bertz CT molecular complexity index is 595. The van der Waals surface area contributed by atoms with E-state index in [9.17, 15) is 0 Å². The fraction of sp³-hybridized carbons (Fsp3) is 0.214. The summed E-state index contributed by atoms with van der Waals surface area (Å²) in [5.74, 6) is 1.74. The minimum atomic E-state index is 0.0222. The van der Waals surface area contributed by atoms with E-state index in [1.807, 2.05) is 26.0 Å². The standard InChI is InChI=1S/C14H15N3O/c1-9-3-6-14(18-9)10(2)17-13-5-4-11(8-15)7-12(13)16/h3-7,10,17H,16H2,1-2H3. The molecule has 92 valence electrons. The maximum atomic E-state index is 8.77. The highest BCUT2D eigenvalue weighted by Crippen LogP contribution is 2.25. The van der Waals surface area contributed by atoms with Gasteiger partial charge in [0.15, 0.2) is 0 Å². The van der Waals surface area contributed by atoms with Crippen molar-refractivity contribution in [3.63, 3.8) is 0 Å². The Morgan fingerprint density at radius 3 is 2.67 bits per heavy atom.